The van der Waals surface area contributed by atoms with Gasteiger partial charge in [-0.05, 0) is 40.6 Å². The Kier molecular flexibility index (Phi) is 4.40. The Morgan fingerprint density at radius 3 is 2.65 bits per heavy atom. The third-order valence-electron chi connectivity index (χ3n) is 3.42. The summed E-state index contributed by atoms with van der Waals surface area (Å²) in [6.45, 7) is 0. The van der Waals surface area contributed by atoms with Gasteiger partial charge >= 0.3 is 0 Å². The largest absolute Gasteiger partial charge is 0.322 e. The number of anilines is 1. The highest BCUT2D eigenvalue weighted by atomic mass is 35.5. The van der Waals surface area contributed by atoms with Gasteiger partial charge in [-0.25, -0.2) is 4.39 Å². The van der Waals surface area contributed by atoms with Gasteiger partial charge in [0, 0.05) is 11.8 Å². The molecule has 0 aromatic heterocycles. The first-order valence-corrected chi connectivity index (χ1v) is 7.43. The summed E-state index contributed by atoms with van der Waals surface area (Å²) in [6, 6.07) is 17.9. The van der Waals surface area contributed by atoms with Crippen LogP contribution in [0.1, 0.15) is 5.56 Å². The van der Waals surface area contributed by atoms with Gasteiger partial charge in [-0.3, -0.25) is 4.79 Å². The number of fused-ring (bicyclic) bond motifs is 1. The van der Waals surface area contributed by atoms with Gasteiger partial charge in [-0.15, -0.1) is 0 Å². The van der Waals surface area contributed by atoms with E-state index in [9.17, 15) is 9.18 Å². The fourth-order valence-electron chi connectivity index (χ4n) is 2.32. The molecule has 23 heavy (non-hydrogen) atoms. The van der Waals surface area contributed by atoms with E-state index in [2.05, 4.69) is 5.32 Å². The molecular weight excluding hydrogens is 313 g/mol. The van der Waals surface area contributed by atoms with Gasteiger partial charge in [0.15, 0.2) is 0 Å². The lowest BCUT2D eigenvalue weighted by atomic mass is 10.0. The Labute approximate surface area is 138 Å². The highest BCUT2D eigenvalue weighted by Gasteiger charge is 2.03. The number of hydrogen-bond acceptors (Lipinski definition) is 1. The minimum atomic E-state index is -0.518. The highest BCUT2D eigenvalue weighted by Crippen LogP contribution is 2.21. The van der Waals surface area contributed by atoms with Gasteiger partial charge in [-0.1, -0.05) is 54.1 Å². The smallest absolute Gasteiger partial charge is 0.248 e. The minimum absolute atomic E-state index is 0.0270. The quantitative estimate of drug-likeness (QED) is 0.652. The molecule has 2 nitrogen and oxygen atoms in total. The number of carbonyl (C=O) groups excluding carboxylic acids is 1. The first-order chi connectivity index (χ1) is 11.1. The minimum Gasteiger partial charge on any atom is -0.322 e. The number of carbonyl (C=O) groups is 1. The Balaban J connectivity index is 1.78. The second kappa shape index (κ2) is 6.63. The van der Waals surface area contributed by atoms with Crippen molar-refractivity contribution in [3.8, 4) is 0 Å². The number of nitrogens with one attached hydrogen (secondary N) is 1. The van der Waals surface area contributed by atoms with E-state index in [4.69, 9.17) is 11.6 Å². The Morgan fingerprint density at radius 1 is 1.04 bits per heavy atom. The lowest BCUT2D eigenvalue weighted by molar-refractivity contribution is -0.111. The van der Waals surface area contributed by atoms with Crippen LogP contribution in [0.15, 0.2) is 66.7 Å². The number of halogens is 2. The SMILES string of the molecule is O=C(/C=C/c1cccc2ccccc12)Nc1ccc(F)c(Cl)c1. The summed E-state index contributed by atoms with van der Waals surface area (Å²) in [4.78, 5) is 12.0. The van der Waals surface area contributed by atoms with Crippen LogP contribution in [0.4, 0.5) is 10.1 Å². The van der Waals surface area contributed by atoms with Crippen LogP contribution in [0.3, 0.4) is 0 Å². The zero-order valence-corrected chi connectivity index (χ0v) is 12.8. The first kappa shape index (κ1) is 15.3. The van der Waals surface area contributed by atoms with Crippen LogP contribution in [-0.2, 0) is 4.79 Å². The van der Waals surface area contributed by atoms with Gasteiger partial charge in [0.1, 0.15) is 5.82 Å². The third-order valence-corrected chi connectivity index (χ3v) is 3.71. The molecule has 1 N–H and O–H groups in total. The predicted octanol–water partition coefficient (Wildman–Crippen LogP) is 5.28. The molecule has 1 amide bonds. The van der Waals surface area contributed by atoms with Crippen LogP contribution in [0.5, 0.6) is 0 Å². The van der Waals surface area contributed by atoms with Crippen LogP contribution < -0.4 is 5.32 Å². The molecule has 0 aliphatic heterocycles. The summed E-state index contributed by atoms with van der Waals surface area (Å²) < 4.78 is 13.1. The van der Waals surface area contributed by atoms with E-state index < -0.39 is 5.82 Å². The maximum atomic E-state index is 13.1. The van der Waals surface area contributed by atoms with E-state index in [0.717, 1.165) is 16.3 Å². The molecule has 0 spiro atoms. The van der Waals surface area contributed by atoms with Crippen LogP contribution in [0.25, 0.3) is 16.8 Å². The van der Waals surface area contributed by atoms with E-state index in [0.29, 0.717) is 5.69 Å². The standard InChI is InChI=1S/C19H13ClFNO/c20-17-12-15(9-10-18(17)21)22-19(23)11-8-14-6-3-5-13-4-1-2-7-16(13)14/h1-12H,(H,22,23)/b11-8+. The van der Waals surface area contributed by atoms with Gasteiger partial charge in [0.2, 0.25) is 5.91 Å². The topological polar surface area (TPSA) is 29.1 Å². The Hall–Kier alpha value is -2.65. The lowest BCUT2D eigenvalue weighted by Crippen LogP contribution is -2.07. The van der Waals surface area contributed by atoms with Crippen molar-refractivity contribution in [1.29, 1.82) is 0 Å². The maximum absolute atomic E-state index is 13.1. The molecule has 0 aliphatic carbocycles. The second-order valence-electron chi connectivity index (χ2n) is 5.02. The van der Waals surface area contributed by atoms with Crippen LogP contribution in [0, 0.1) is 5.82 Å². The van der Waals surface area contributed by atoms with Crippen LogP contribution in [0.2, 0.25) is 5.02 Å². The van der Waals surface area contributed by atoms with Crippen molar-refractivity contribution in [2.45, 2.75) is 0 Å². The summed E-state index contributed by atoms with van der Waals surface area (Å²) >= 11 is 5.69. The molecule has 0 saturated heterocycles. The number of benzene rings is 3. The number of rotatable bonds is 3. The number of hydrogen-bond donors (Lipinski definition) is 1. The zero-order valence-electron chi connectivity index (χ0n) is 12.1. The fraction of sp³-hybridized carbons (Fsp3) is 0. The van der Waals surface area contributed by atoms with Crippen molar-refractivity contribution >= 4 is 40.0 Å². The van der Waals surface area contributed by atoms with Crippen molar-refractivity contribution in [1.82, 2.24) is 0 Å². The van der Waals surface area contributed by atoms with E-state index in [1.807, 2.05) is 42.5 Å². The molecule has 0 heterocycles. The molecule has 0 bridgehead atoms. The van der Waals surface area contributed by atoms with E-state index in [-0.39, 0.29) is 10.9 Å². The molecular formula is C19H13ClFNO. The highest BCUT2D eigenvalue weighted by molar-refractivity contribution is 6.31. The van der Waals surface area contributed by atoms with E-state index in [1.165, 1.54) is 24.3 Å². The molecule has 3 aromatic rings. The van der Waals surface area contributed by atoms with Crippen LogP contribution in [-0.4, -0.2) is 5.91 Å². The first-order valence-electron chi connectivity index (χ1n) is 7.05. The summed E-state index contributed by atoms with van der Waals surface area (Å²) in [5.74, 6) is -0.823. The third kappa shape index (κ3) is 3.58. The van der Waals surface area contributed by atoms with Gasteiger partial charge in [0.25, 0.3) is 0 Å². The lowest BCUT2D eigenvalue weighted by Gasteiger charge is -2.04. The zero-order chi connectivity index (χ0) is 16.2. The van der Waals surface area contributed by atoms with Crippen molar-refractivity contribution in [3.05, 3.63) is 83.1 Å². The molecule has 0 atom stereocenters. The normalized spacial score (nSPS) is 11.0. The summed E-state index contributed by atoms with van der Waals surface area (Å²) in [5, 5.41) is 4.81. The summed E-state index contributed by atoms with van der Waals surface area (Å²) in [7, 11) is 0. The van der Waals surface area contributed by atoms with Crippen molar-refractivity contribution in [2.75, 3.05) is 5.32 Å². The monoisotopic (exact) mass is 325 g/mol. The van der Waals surface area contributed by atoms with Gasteiger partial charge in [0.05, 0.1) is 5.02 Å². The maximum Gasteiger partial charge on any atom is 0.248 e. The molecule has 0 saturated carbocycles. The molecule has 3 aromatic carbocycles. The Morgan fingerprint density at radius 2 is 1.83 bits per heavy atom. The van der Waals surface area contributed by atoms with E-state index in [1.54, 1.807) is 6.08 Å². The average Bonchev–Trinajstić information content (AvgIpc) is 2.56. The second-order valence-corrected chi connectivity index (χ2v) is 5.43. The molecule has 0 fully saturated rings. The van der Waals surface area contributed by atoms with Crippen molar-refractivity contribution in [2.24, 2.45) is 0 Å². The molecule has 3 rings (SSSR count). The molecule has 0 unspecified atom stereocenters. The van der Waals surface area contributed by atoms with Crippen LogP contribution >= 0.6 is 11.6 Å². The average molecular weight is 326 g/mol. The molecule has 114 valence electrons. The molecule has 0 radical (unpaired) electrons. The van der Waals surface area contributed by atoms with Crippen molar-refractivity contribution < 1.29 is 9.18 Å². The fourth-order valence-corrected chi connectivity index (χ4v) is 2.50. The van der Waals surface area contributed by atoms with E-state index >= 15 is 0 Å². The van der Waals surface area contributed by atoms with Gasteiger partial charge < -0.3 is 5.32 Å². The van der Waals surface area contributed by atoms with Crippen molar-refractivity contribution in [3.63, 3.8) is 0 Å². The summed E-state index contributed by atoms with van der Waals surface area (Å²) in [6.07, 6.45) is 3.20. The van der Waals surface area contributed by atoms with Gasteiger partial charge in [-0.2, -0.15) is 0 Å². The Bertz CT molecular complexity index is 900. The number of amides is 1. The molecule has 4 heteroatoms. The summed E-state index contributed by atoms with van der Waals surface area (Å²) in [5.41, 5.74) is 1.40. The predicted molar refractivity (Wildman–Crippen MR) is 93.0 cm³/mol. The molecule has 0 aliphatic rings.